The van der Waals surface area contributed by atoms with Crippen LogP contribution in [0, 0.1) is 18.3 Å². The Morgan fingerprint density at radius 1 is 1.09 bits per heavy atom. The van der Waals surface area contributed by atoms with Crippen LogP contribution in [0.15, 0.2) is 60.2 Å². The van der Waals surface area contributed by atoms with Gasteiger partial charge >= 0.3 is 0 Å². The van der Waals surface area contributed by atoms with Gasteiger partial charge in [0, 0.05) is 5.69 Å². The first-order valence-corrected chi connectivity index (χ1v) is 10.7. The lowest BCUT2D eigenvalue weighted by Crippen LogP contribution is -2.13. The molecule has 0 bridgehead atoms. The van der Waals surface area contributed by atoms with Gasteiger partial charge in [0.1, 0.15) is 18.2 Å². The smallest absolute Gasteiger partial charge is 0.266 e. The molecule has 0 fully saturated rings. The van der Waals surface area contributed by atoms with Crippen molar-refractivity contribution >= 4 is 40.9 Å². The van der Waals surface area contributed by atoms with Gasteiger partial charge in [0.2, 0.25) is 6.79 Å². The highest BCUT2D eigenvalue weighted by Crippen LogP contribution is 2.37. The summed E-state index contributed by atoms with van der Waals surface area (Å²) in [6.07, 6.45) is 1.42. The molecule has 0 saturated carbocycles. The fraction of sp³-hybridized carbons (Fsp3) is 0.120. The monoisotopic (exact) mass is 480 g/mol. The zero-order valence-corrected chi connectivity index (χ0v) is 19.0. The Labute approximate surface area is 200 Å². The van der Waals surface area contributed by atoms with Crippen molar-refractivity contribution in [2.24, 2.45) is 0 Å². The zero-order chi connectivity index (χ0) is 23.4. The van der Waals surface area contributed by atoms with Crippen LogP contribution in [-0.4, -0.2) is 12.7 Å². The second-order valence-electron chi connectivity index (χ2n) is 7.28. The SMILES string of the molecule is Cc1ccc(NC(=O)/C(C#N)=C\c2cc(Cl)c(OCc3ccc4c(c3)OCO4)c(Cl)c2)cc1. The summed E-state index contributed by atoms with van der Waals surface area (Å²) in [4.78, 5) is 12.5. The Kier molecular flexibility index (Phi) is 6.74. The summed E-state index contributed by atoms with van der Waals surface area (Å²) in [6.45, 7) is 2.36. The molecular weight excluding hydrogens is 463 g/mol. The predicted octanol–water partition coefficient (Wildman–Crippen LogP) is 6.16. The molecule has 0 spiro atoms. The average molecular weight is 481 g/mol. The maximum absolute atomic E-state index is 12.5. The summed E-state index contributed by atoms with van der Waals surface area (Å²) in [5.41, 5.74) is 2.92. The highest BCUT2D eigenvalue weighted by atomic mass is 35.5. The lowest BCUT2D eigenvalue weighted by atomic mass is 10.1. The average Bonchev–Trinajstić information content (AvgIpc) is 3.26. The minimum absolute atomic E-state index is 0.0864. The third-order valence-corrected chi connectivity index (χ3v) is 5.39. The molecule has 1 N–H and O–H groups in total. The molecule has 0 saturated heterocycles. The van der Waals surface area contributed by atoms with E-state index in [1.54, 1.807) is 24.3 Å². The second kappa shape index (κ2) is 9.86. The summed E-state index contributed by atoms with van der Waals surface area (Å²) in [6, 6.07) is 17.8. The minimum Gasteiger partial charge on any atom is -0.486 e. The van der Waals surface area contributed by atoms with E-state index >= 15 is 0 Å². The minimum atomic E-state index is -0.531. The number of nitriles is 1. The summed E-state index contributed by atoms with van der Waals surface area (Å²) >= 11 is 12.8. The lowest BCUT2D eigenvalue weighted by Gasteiger charge is -2.12. The highest BCUT2D eigenvalue weighted by molar-refractivity contribution is 6.37. The molecule has 1 amide bonds. The number of carbonyl (C=O) groups is 1. The van der Waals surface area contributed by atoms with Crippen molar-refractivity contribution in [1.29, 1.82) is 5.26 Å². The van der Waals surface area contributed by atoms with Crippen LogP contribution in [0.1, 0.15) is 16.7 Å². The molecule has 3 aromatic rings. The molecule has 0 unspecified atom stereocenters. The molecular formula is C25H18Cl2N2O4. The Morgan fingerprint density at radius 2 is 1.79 bits per heavy atom. The van der Waals surface area contributed by atoms with Crippen LogP contribution in [0.4, 0.5) is 5.69 Å². The van der Waals surface area contributed by atoms with Crippen molar-refractivity contribution < 1.29 is 19.0 Å². The van der Waals surface area contributed by atoms with Gasteiger partial charge in [-0.15, -0.1) is 0 Å². The first-order valence-electron chi connectivity index (χ1n) is 9.93. The number of fused-ring (bicyclic) bond motifs is 1. The number of hydrogen-bond acceptors (Lipinski definition) is 5. The summed E-state index contributed by atoms with van der Waals surface area (Å²) in [5, 5.41) is 12.7. The molecule has 8 heteroatoms. The maximum Gasteiger partial charge on any atom is 0.266 e. The van der Waals surface area contributed by atoms with Crippen LogP contribution >= 0.6 is 23.2 Å². The van der Waals surface area contributed by atoms with Gasteiger partial charge in [-0.2, -0.15) is 5.26 Å². The number of amides is 1. The second-order valence-corrected chi connectivity index (χ2v) is 8.09. The van der Waals surface area contributed by atoms with Gasteiger partial charge in [-0.1, -0.05) is 47.0 Å². The van der Waals surface area contributed by atoms with Gasteiger partial charge in [0.25, 0.3) is 5.91 Å². The standard InChI is InChI=1S/C25H18Cl2N2O4/c1-15-2-5-19(6-3-15)29-25(30)18(12-28)8-17-9-20(26)24(21(27)10-17)31-13-16-4-7-22-23(11-16)33-14-32-22/h2-11H,13-14H2,1H3,(H,29,30)/b18-8-. The third kappa shape index (κ3) is 5.40. The highest BCUT2D eigenvalue weighted by Gasteiger charge is 2.16. The molecule has 166 valence electrons. The topological polar surface area (TPSA) is 80.6 Å². The first kappa shape index (κ1) is 22.5. The number of aryl methyl sites for hydroxylation is 1. The molecule has 1 aliphatic rings. The Hall–Kier alpha value is -3.66. The van der Waals surface area contributed by atoms with E-state index in [0.29, 0.717) is 28.5 Å². The Morgan fingerprint density at radius 3 is 2.48 bits per heavy atom. The molecule has 1 aliphatic heterocycles. The number of carbonyl (C=O) groups excluding carboxylic acids is 1. The molecule has 0 atom stereocenters. The summed E-state index contributed by atoms with van der Waals surface area (Å²) in [5.74, 6) is 1.11. The van der Waals surface area contributed by atoms with Gasteiger partial charge in [-0.3, -0.25) is 4.79 Å². The lowest BCUT2D eigenvalue weighted by molar-refractivity contribution is -0.112. The van der Waals surface area contributed by atoms with E-state index in [-0.39, 0.29) is 29.0 Å². The number of hydrogen-bond donors (Lipinski definition) is 1. The van der Waals surface area contributed by atoms with Gasteiger partial charge in [0.05, 0.1) is 10.0 Å². The molecule has 1 heterocycles. The van der Waals surface area contributed by atoms with Crippen molar-refractivity contribution in [2.75, 3.05) is 12.1 Å². The molecule has 0 aliphatic carbocycles. The van der Waals surface area contributed by atoms with E-state index in [1.807, 2.05) is 43.3 Å². The quantitative estimate of drug-likeness (QED) is 0.337. The number of nitrogens with zero attached hydrogens (tertiary/aromatic N) is 1. The largest absolute Gasteiger partial charge is 0.486 e. The molecule has 33 heavy (non-hydrogen) atoms. The van der Waals surface area contributed by atoms with E-state index in [0.717, 1.165) is 11.1 Å². The van der Waals surface area contributed by atoms with Crippen LogP contribution in [0.25, 0.3) is 6.08 Å². The normalized spacial score (nSPS) is 12.2. The number of rotatable bonds is 6. The van der Waals surface area contributed by atoms with Crippen molar-refractivity contribution in [3.05, 3.63) is 86.9 Å². The maximum atomic E-state index is 12.5. The van der Waals surface area contributed by atoms with Crippen LogP contribution in [0.2, 0.25) is 10.0 Å². The van der Waals surface area contributed by atoms with E-state index in [2.05, 4.69) is 5.32 Å². The van der Waals surface area contributed by atoms with E-state index in [9.17, 15) is 10.1 Å². The van der Waals surface area contributed by atoms with Crippen molar-refractivity contribution in [1.82, 2.24) is 0 Å². The van der Waals surface area contributed by atoms with Crippen molar-refractivity contribution in [2.45, 2.75) is 13.5 Å². The van der Waals surface area contributed by atoms with Crippen molar-refractivity contribution in [3.63, 3.8) is 0 Å². The van der Waals surface area contributed by atoms with Gasteiger partial charge in [-0.05, 0) is 60.5 Å². The summed E-state index contributed by atoms with van der Waals surface area (Å²) < 4.78 is 16.5. The number of benzene rings is 3. The van der Waals surface area contributed by atoms with Crippen LogP contribution in [0.3, 0.4) is 0 Å². The fourth-order valence-electron chi connectivity index (χ4n) is 3.14. The van der Waals surface area contributed by atoms with Crippen LogP contribution in [0.5, 0.6) is 17.2 Å². The van der Waals surface area contributed by atoms with E-state index < -0.39 is 5.91 Å². The van der Waals surface area contributed by atoms with E-state index in [1.165, 1.54) is 6.08 Å². The van der Waals surface area contributed by atoms with Gasteiger partial charge in [0.15, 0.2) is 17.2 Å². The molecule has 0 radical (unpaired) electrons. The zero-order valence-electron chi connectivity index (χ0n) is 17.5. The Balaban J connectivity index is 1.48. The van der Waals surface area contributed by atoms with E-state index in [4.69, 9.17) is 37.4 Å². The van der Waals surface area contributed by atoms with Gasteiger partial charge < -0.3 is 19.5 Å². The third-order valence-electron chi connectivity index (χ3n) is 4.83. The van der Waals surface area contributed by atoms with Crippen LogP contribution < -0.4 is 19.5 Å². The van der Waals surface area contributed by atoms with Crippen molar-refractivity contribution in [3.8, 4) is 23.3 Å². The van der Waals surface area contributed by atoms with Gasteiger partial charge in [-0.25, -0.2) is 0 Å². The molecule has 0 aromatic heterocycles. The Bertz CT molecular complexity index is 1260. The molecule has 4 rings (SSSR count). The number of halogens is 2. The first-order chi connectivity index (χ1) is 15.9. The molecule has 3 aromatic carbocycles. The predicted molar refractivity (Wildman–Crippen MR) is 127 cm³/mol. The number of anilines is 1. The number of ether oxygens (including phenoxy) is 3. The fourth-order valence-corrected chi connectivity index (χ4v) is 3.75. The molecule has 6 nitrogen and oxygen atoms in total. The number of nitrogens with one attached hydrogen (secondary N) is 1. The van der Waals surface area contributed by atoms with Crippen LogP contribution in [-0.2, 0) is 11.4 Å². The summed E-state index contributed by atoms with van der Waals surface area (Å²) in [7, 11) is 0.